The molecule has 0 heterocycles. The molecule has 3 nitrogen and oxygen atoms in total. The van der Waals surface area contributed by atoms with Crippen molar-refractivity contribution in [3.05, 3.63) is 12.7 Å². The number of hydrogen-bond acceptors (Lipinski definition) is 3. The number of hydrogen-bond donors (Lipinski definition) is 0. The molecule has 0 fully saturated rings. The molecule has 1 unspecified atom stereocenters. The van der Waals surface area contributed by atoms with E-state index >= 15 is 0 Å². The van der Waals surface area contributed by atoms with Gasteiger partial charge in [-0.15, -0.1) is 0 Å². The van der Waals surface area contributed by atoms with Gasteiger partial charge in [-0.2, -0.15) is 26.8 Å². The highest BCUT2D eigenvalue weighted by Crippen LogP contribution is 2.39. The lowest BCUT2D eigenvalue weighted by Crippen LogP contribution is -2.39. The van der Waals surface area contributed by atoms with E-state index in [0.717, 1.165) is 6.92 Å². The van der Waals surface area contributed by atoms with E-state index in [1.807, 2.05) is 0 Å². The van der Waals surface area contributed by atoms with Crippen LogP contribution in [0.4, 0.5) is 22.0 Å². The summed E-state index contributed by atoms with van der Waals surface area (Å²) in [6.45, 7) is 3.88. The summed E-state index contributed by atoms with van der Waals surface area (Å²) >= 11 is 0. The quantitative estimate of drug-likeness (QED) is 0.324. The molecule has 0 radical (unpaired) electrons. The molecule has 0 rings (SSSR count). The van der Waals surface area contributed by atoms with E-state index in [2.05, 4.69) is 16.4 Å². The molecule has 0 aromatic rings. The van der Waals surface area contributed by atoms with Gasteiger partial charge < -0.3 is 0 Å². The van der Waals surface area contributed by atoms with Crippen molar-refractivity contribution in [3.63, 3.8) is 0 Å². The van der Waals surface area contributed by atoms with E-state index in [1.54, 1.807) is 0 Å². The minimum Gasteiger partial charge on any atom is -0.293 e. The van der Waals surface area contributed by atoms with Gasteiger partial charge in [0.1, 0.15) is 6.10 Å². The van der Waals surface area contributed by atoms with Crippen LogP contribution in [0.15, 0.2) is 12.7 Å². The van der Waals surface area contributed by atoms with Gasteiger partial charge in [0.2, 0.25) is 0 Å². The molecule has 0 bridgehead atoms. The molecular formula is C8H9F5O3. The molecule has 0 aliphatic heterocycles. The fourth-order valence-corrected chi connectivity index (χ4v) is 0.674. The third kappa shape index (κ3) is 4.56. The molecule has 16 heavy (non-hydrogen) atoms. The van der Waals surface area contributed by atoms with Gasteiger partial charge in [-0.1, -0.05) is 6.58 Å². The van der Waals surface area contributed by atoms with Crippen LogP contribution in [0.25, 0.3) is 0 Å². The first kappa shape index (κ1) is 14.8. The highest BCUT2D eigenvalue weighted by Gasteiger charge is 2.58. The summed E-state index contributed by atoms with van der Waals surface area (Å²) in [4.78, 5) is 18.3. The van der Waals surface area contributed by atoms with Crippen LogP contribution in [0.5, 0.6) is 0 Å². The van der Waals surface area contributed by atoms with Crippen LogP contribution in [0.3, 0.4) is 0 Å². The number of halogens is 5. The second-order valence-electron chi connectivity index (χ2n) is 2.92. The van der Waals surface area contributed by atoms with Crippen molar-refractivity contribution in [2.24, 2.45) is 0 Å². The normalized spacial score (nSPS) is 14.4. The fourth-order valence-electron chi connectivity index (χ4n) is 0.674. The predicted octanol–water partition coefficient (Wildman–Crippen LogP) is 2.62. The Morgan fingerprint density at radius 3 is 2.25 bits per heavy atom. The monoisotopic (exact) mass is 248 g/mol. The van der Waals surface area contributed by atoms with E-state index in [-0.39, 0.29) is 0 Å². The molecule has 0 saturated heterocycles. The highest BCUT2D eigenvalue weighted by molar-refractivity contribution is 5.80. The second-order valence-corrected chi connectivity index (χ2v) is 2.92. The number of alkyl halides is 5. The van der Waals surface area contributed by atoms with Crippen molar-refractivity contribution in [2.75, 3.05) is 0 Å². The number of rotatable bonds is 5. The molecule has 94 valence electrons. The zero-order valence-electron chi connectivity index (χ0n) is 8.18. The van der Waals surface area contributed by atoms with Gasteiger partial charge in [0.05, 0.1) is 6.42 Å². The maximum absolute atomic E-state index is 12.4. The van der Waals surface area contributed by atoms with Crippen molar-refractivity contribution < 1.29 is 36.5 Å². The van der Waals surface area contributed by atoms with E-state index in [9.17, 15) is 26.7 Å². The Balaban J connectivity index is 4.19. The summed E-state index contributed by atoms with van der Waals surface area (Å²) in [5.74, 6) is -5.98. The van der Waals surface area contributed by atoms with E-state index < -0.39 is 30.6 Å². The molecule has 0 amide bonds. The van der Waals surface area contributed by atoms with Crippen molar-refractivity contribution >= 4 is 5.97 Å². The van der Waals surface area contributed by atoms with E-state index in [0.29, 0.717) is 6.08 Å². The first-order valence-electron chi connectivity index (χ1n) is 4.04. The van der Waals surface area contributed by atoms with Crippen LogP contribution >= 0.6 is 0 Å². The number of carbonyl (C=O) groups excluding carboxylic acids is 1. The molecule has 1 atom stereocenters. The van der Waals surface area contributed by atoms with Gasteiger partial charge in [-0.05, 0) is 6.92 Å². The molecule has 0 spiro atoms. The lowest BCUT2D eigenvalue weighted by atomic mass is 10.1. The Morgan fingerprint density at radius 2 is 1.88 bits per heavy atom. The topological polar surface area (TPSA) is 35.5 Å². The third-order valence-electron chi connectivity index (χ3n) is 1.42. The van der Waals surface area contributed by atoms with Crippen LogP contribution in [-0.4, -0.2) is 24.2 Å². The van der Waals surface area contributed by atoms with Crippen LogP contribution in [-0.2, 0) is 14.6 Å². The molecule has 0 aromatic carbocycles. The predicted molar refractivity (Wildman–Crippen MR) is 42.5 cm³/mol. The van der Waals surface area contributed by atoms with Gasteiger partial charge in [-0.3, -0.25) is 4.89 Å². The standard InChI is InChI=1S/C8H9F5O3/c1-3-6(14)16-15-5(2)4-7(9,10)8(11,12)13/h3,5H,1,4H2,2H3. The minimum atomic E-state index is -5.66. The number of carbonyl (C=O) groups is 1. The maximum atomic E-state index is 12.4. The molecular weight excluding hydrogens is 239 g/mol. The maximum Gasteiger partial charge on any atom is 0.453 e. The molecule has 0 N–H and O–H groups in total. The molecule has 0 aliphatic carbocycles. The van der Waals surface area contributed by atoms with E-state index in [1.165, 1.54) is 0 Å². The minimum absolute atomic E-state index is 0.675. The third-order valence-corrected chi connectivity index (χ3v) is 1.42. The van der Waals surface area contributed by atoms with Crippen LogP contribution in [0, 0.1) is 0 Å². The van der Waals surface area contributed by atoms with Gasteiger partial charge in [0.25, 0.3) is 0 Å². The van der Waals surface area contributed by atoms with Gasteiger partial charge in [0.15, 0.2) is 0 Å². The van der Waals surface area contributed by atoms with Crippen LogP contribution in [0.1, 0.15) is 13.3 Å². The average Bonchev–Trinajstić information content (AvgIpc) is 2.11. The summed E-state index contributed by atoms with van der Waals surface area (Å²) in [6, 6.07) is 0. The summed E-state index contributed by atoms with van der Waals surface area (Å²) in [7, 11) is 0. The highest BCUT2D eigenvalue weighted by atomic mass is 19.4. The van der Waals surface area contributed by atoms with Crippen molar-refractivity contribution in [2.45, 2.75) is 31.5 Å². The lowest BCUT2D eigenvalue weighted by molar-refractivity contribution is -0.326. The van der Waals surface area contributed by atoms with Gasteiger partial charge in [-0.25, -0.2) is 4.79 Å². The summed E-state index contributed by atoms with van der Waals surface area (Å²) in [5.41, 5.74) is 0. The molecule has 0 saturated carbocycles. The van der Waals surface area contributed by atoms with Crippen molar-refractivity contribution in [1.82, 2.24) is 0 Å². The smallest absolute Gasteiger partial charge is 0.293 e. The first-order chi connectivity index (χ1) is 7.10. The average molecular weight is 248 g/mol. The molecule has 0 aromatic heterocycles. The Labute approximate surface area is 87.7 Å². The van der Waals surface area contributed by atoms with Gasteiger partial charge >= 0.3 is 18.1 Å². The molecule has 0 aliphatic rings. The van der Waals surface area contributed by atoms with Gasteiger partial charge in [0, 0.05) is 6.08 Å². The zero-order valence-corrected chi connectivity index (χ0v) is 8.18. The first-order valence-corrected chi connectivity index (χ1v) is 4.04. The Morgan fingerprint density at radius 1 is 1.38 bits per heavy atom. The summed E-state index contributed by atoms with van der Waals surface area (Å²) in [6.07, 6.45) is -8.22. The molecule has 8 heteroatoms. The summed E-state index contributed by atoms with van der Waals surface area (Å²) in [5, 5.41) is 0. The zero-order chi connectivity index (χ0) is 13.0. The Kier molecular flexibility index (Phi) is 4.85. The second kappa shape index (κ2) is 5.24. The SMILES string of the molecule is C=CC(=O)OOC(C)CC(F)(F)C(F)(F)F. The van der Waals surface area contributed by atoms with Crippen LogP contribution in [0.2, 0.25) is 0 Å². The Bertz CT molecular complexity index is 261. The van der Waals surface area contributed by atoms with Crippen molar-refractivity contribution in [3.8, 4) is 0 Å². The lowest BCUT2D eigenvalue weighted by Gasteiger charge is -2.21. The fraction of sp³-hybridized carbons (Fsp3) is 0.625. The Hall–Kier alpha value is -1.18. The summed E-state index contributed by atoms with van der Waals surface area (Å²) < 4.78 is 60.0. The van der Waals surface area contributed by atoms with Crippen LogP contribution < -0.4 is 0 Å². The largest absolute Gasteiger partial charge is 0.453 e. The van der Waals surface area contributed by atoms with Crippen molar-refractivity contribution in [1.29, 1.82) is 0 Å². The van der Waals surface area contributed by atoms with E-state index in [4.69, 9.17) is 0 Å².